The molecule has 6 heteroatoms. The zero-order chi connectivity index (χ0) is 26.3. The summed E-state index contributed by atoms with van der Waals surface area (Å²) in [5.74, 6) is 1.70. The van der Waals surface area contributed by atoms with Crippen molar-refractivity contribution >= 4 is 6.08 Å². The van der Waals surface area contributed by atoms with E-state index < -0.39 is 5.60 Å². The Morgan fingerprint density at radius 1 is 1.00 bits per heavy atom. The number of tetrazole rings is 1. The molecule has 1 fully saturated rings. The van der Waals surface area contributed by atoms with E-state index in [9.17, 15) is 5.11 Å². The molecule has 1 heterocycles. The molecule has 0 radical (unpaired) electrons. The van der Waals surface area contributed by atoms with Gasteiger partial charge in [-0.05, 0) is 86.3 Å². The molecule has 2 N–H and O–H groups in total. The Bertz CT molecular complexity index is 1180. The number of aryl methyl sites for hydroxylation is 3. The monoisotopic (exact) mass is 502 g/mol. The minimum Gasteiger partial charge on any atom is -0.493 e. The third-order valence-corrected chi connectivity index (χ3v) is 8.24. The Hall–Kier alpha value is -2.99. The first-order valence-electron chi connectivity index (χ1n) is 13.9. The fourth-order valence-electron chi connectivity index (χ4n) is 5.76. The molecule has 0 atom stereocenters. The average Bonchev–Trinajstić information content (AvgIpc) is 3.58. The van der Waals surface area contributed by atoms with Gasteiger partial charge in [0.15, 0.2) is 5.82 Å². The molecule has 0 amide bonds. The fourth-order valence-corrected chi connectivity index (χ4v) is 5.76. The van der Waals surface area contributed by atoms with Crippen LogP contribution in [0, 0.1) is 13.8 Å². The standard InChI is InChI=1S/C31H42N4O2/c1-5-31(6-2,26-13-12-25(23(3)21-26)16-19-30(36)17-8-9-18-30)27-14-15-28(24(4)22-27)37-20-10-7-11-29-32-34-35-33-29/h12-16,19,21-22,36H,5-11,17-18,20H2,1-4H3,(H,32,33,34,35)/b19-16+. The van der Waals surface area contributed by atoms with Gasteiger partial charge in [-0.15, -0.1) is 10.2 Å². The lowest BCUT2D eigenvalue weighted by Gasteiger charge is -2.34. The molecule has 1 aromatic heterocycles. The topological polar surface area (TPSA) is 83.9 Å². The van der Waals surface area contributed by atoms with E-state index in [1.807, 2.05) is 6.08 Å². The number of aromatic nitrogens is 4. The SMILES string of the molecule is CCC(CC)(c1ccc(/C=C/C2(O)CCCC2)c(C)c1)c1ccc(OCCCCc2nn[nH]n2)c(C)c1. The molecular weight excluding hydrogens is 460 g/mol. The van der Waals surface area contributed by atoms with Gasteiger partial charge >= 0.3 is 0 Å². The second-order valence-corrected chi connectivity index (χ2v) is 10.6. The van der Waals surface area contributed by atoms with Crippen molar-refractivity contribution in [3.63, 3.8) is 0 Å². The van der Waals surface area contributed by atoms with Crippen LogP contribution >= 0.6 is 0 Å². The normalized spacial score (nSPS) is 15.5. The summed E-state index contributed by atoms with van der Waals surface area (Å²) in [4.78, 5) is 0. The van der Waals surface area contributed by atoms with Gasteiger partial charge in [0.2, 0.25) is 0 Å². The molecule has 1 aliphatic carbocycles. The largest absolute Gasteiger partial charge is 0.493 e. The highest BCUT2D eigenvalue weighted by molar-refractivity contribution is 5.57. The second kappa shape index (κ2) is 12.0. The predicted molar refractivity (Wildman–Crippen MR) is 149 cm³/mol. The maximum absolute atomic E-state index is 10.7. The number of aliphatic hydroxyl groups is 1. The van der Waals surface area contributed by atoms with Crippen LogP contribution in [0.1, 0.15) is 98.9 Å². The number of nitrogens with zero attached hydrogens (tertiary/aromatic N) is 3. The van der Waals surface area contributed by atoms with Crippen LogP contribution in [-0.2, 0) is 11.8 Å². The number of ether oxygens (including phenoxy) is 1. The quantitative estimate of drug-likeness (QED) is 0.271. The molecule has 37 heavy (non-hydrogen) atoms. The molecule has 0 saturated heterocycles. The van der Waals surface area contributed by atoms with Gasteiger partial charge in [-0.25, -0.2) is 0 Å². The van der Waals surface area contributed by atoms with Crippen LogP contribution in [0.2, 0.25) is 0 Å². The summed E-state index contributed by atoms with van der Waals surface area (Å²) in [6, 6.07) is 13.5. The summed E-state index contributed by atoms with van der Waals surface area (Å²) in [6.07, 6.45) is 12.9. The number of hydrogen-bond acceptors (Lipinski definition) is 5. The van der Waals surface area contributed by atoms with Gasteiger partial charge in [0, 0.05) is 11.8 Å². The number of hydrogen-bond donors (Lipinski definition) is 2. The lowest BCUT2D eigenvalue weighted by Crippen LogP contribution is -2.26. The van der Waals surface area contributed by atoms with E-state index in [0.717, 1.165) is 69.4 Å². The number of rotatable bonds is 12. The van der Waals surface area contributed by atoms with Gasteiger partial charge in [-0.1, -0.05) is 74.4 Å². The molecule has 4 rings (SSSR count). The van der Waals surface area contributed by atoms with Crippen LogP contribution in [0.3, 0.4) is 0 Å². The molecule has 0 bridgehead atoms. The summed E-state index contributed by atoms with van der Waals surface area (Å²) in [5, 5.41) is 24.8. The van der Waals surface area contributed by atoms with Crippen LogP contribution in [0.15, 0.2) is 42.5 Å². The Labute approximate surface area is 221 Å². The minimum absolute atomic E-state index is 0.0510. The van der Waals surface area contributed by atoms with E-state index >= 15 is 0 Å². The molecule has 198 valence electrons. The number of unbranched alkanes of at least 4 members (excludes halogenated alkanes) is 1. The lowest BCUT2D eigenvalue weighted by molar-refractivity contribution is 0.100. The van der Waals surface area contributed by atoms with Crippen molar-refractivity contribution in [3.05, 3.63) is 76.1 Å². The zero-order valence-electron chi connectivity index (χ0n) is 22.9. The van der Waals surface area contributed by atoms with Crippen LogP contribution in [0.4, 0.5) is 0 Å². The van der Waals surface area contributed by atoms with Gasteiger partial charge in [-0.2, -0.15) is 5.21 Å². The van der Waals surface area contributed by atoms with Crippen molar-refractivity contribution in [2.75, 3.05) is 6.61 Å². The highest BCUT2D eigenvalue weighted by Crippen LogP contribution is 2.41. The molecule has 0 unspecified atom stereocenters. The summed E-state index contributed by atoms with van der Waals surface area (Å²) in [5.41, 5.74) is 5.61. The third-order valence-electron chi connectivity index (χ3n) is 8.24. The predicted octanol–water partition coefficient (Wildman–Crippen LogP) is 6.64. The maximum Gasteiger partial charge on any atom is 0.174 e. The zero-order valence-corrected chi connectivity index (χ0v) is 22.9. The average molecular weight is 503 g/mol. The molecule has 6 nitrogen and oxygen atoms in total. The van der Waals surface area contributed by atoms with E-state index in [1.165, 1.54) is 27.8 Å². The number of nitrogens with one attached hydrogen (secondary N) is 1. The van der Waals surface area contributed by atoms with Crippen LogP contribution < -0.4 is 4.74 Å². The van der Waals surface area contributed by atoms with Crippen molar-refractivity contribution in [1.29, 1.82) is 0 Å². The van der Waals surface area contributed by atoms with Crippen molar-refractivity contribution < 1.29 is 9.84 Å². The first-order chi connectivity index (χ1) is 17.9. The Morgan fingerprint density at radius 2 is 1.70 bits per heavy atom. The van der Waals surface area contributed by atoms with Crippen LogP contribution in [-0.4, -0.2) is 37.9 Å². The summed E-state index contributed by atoms with van der Waals surface area (Å²) in [6.45, 7) is 9.56. The minimum atomic E-state index is -0.628. The van der Waals surface area contributed by atoms with Crippen molar-refractivity contribution in [2.45, 2.75) is 96.5 Å². The smallest absolute Gasteiger partial charge is 0.174 e. The number of H-pyrrole nitrogens is 1. The lowest BCUT2D eigenvalue weighted by atomic mass is 9.70. The maximum atomic E-state index is 10.7. The fraction of sp³-hybridized carbons (Fsp3) is 0.516. The van der Waals surface area contributed by atoms with Gasteiger partial charge < -0.3 is 9.84 Å². The first kappa shape index (κ1) is 27.1. The molecule has 0 spiro atoms. The number of benzene rings is 2. The second-order valence-electron chi connectivity index (χ2n) is 10.6. The van der Waals surface area contributed by atoms with Gasteiger partial charge in [0.05, 0.1) is 12.2 Å². The Kier molecular flexibility index (Phi) is 8.80. The summed E-state index contributed by atoms with van der Waals surface area (Å²) >= 11 is 0. The molecule has 1 aliphatic rings. The Balaban J connectivity index is 1.46. The van der Waals surface area contributed by atoms with E-state index in [2.05, 4.69) is 90.8 Å². The van der Waals surface area contributed by atoms with E-state index in [-0.39, 0.29) is 5.41 Å². The van der Waals surface area contributed by atoms with Gasteiger partial charge in [-0.3, -0.25) is 0 Å². The van der Waals surface area contributed by atoms with Crippen LogP contribution in [0.25, 0.3) is 6.08 Å². The third kappa shape index (κ3) is 6.30. The summed E-state index contributed by atoms with van der Waals surface area (Å²) in [7, 11) is 0. The molecular formula is C31H42N4O2. The van der Waals surface area contributed by atoms with Gasteiger partial charge in [0.1, 0.15) is 5.75 Å². The molecule has 3 aromatic rings. The highest BCUT2D eigenvalue weighted by Gasteiger charge is 2.32. The van der Waals surface area contributed by atoms with Crippen molar-refractivity contribution in [2.24, 2.45) is 0 Å². The first-order valence-corrected chi connectivity index (χ1v) is 13.9. The van der Waals surface area contributed by atoms with Crippen LogP contribution in [0.5, 0.6) is 5.75 Å². The summed E-state index contributed by atoms with van der Waals surface area (Å²) < 4.78 is 6.12. The van der Waals surface area contributed by atoms with Gasteiger partial charge in [0.25, 0.3) is 0 Å². The molecule has 2 aromatic carbocycles. The molecule has 1 saturated carbocycles. The molecule has 0 aliphatic heterocycles. The van der Waals surface area contributed by atoms with E-state index in [4.69, 9.17) is 4.74 Å². The van der Waals surface area contributed by atoms with E-state index in [0.29, 0.717) is 6.61 Å². The van der Waals surface area contributed by atoms with Crippen molar-refractivity contribution in [1.82, 2.24) is 20.6 Å². The van der Waals surface area contributed by atoms with E-state index in [1.54, 1.807) is 0 Å². The Morgan fingerprint density at radius 3 is 2.32 bits per heavy atom. The number of aromatic amines is 1. The van der Waals surface area contributed by atoms with Crippen molar-refractivity contribution in [3.8, 4) is 5.75 Å². The highest BCUT2D eigenvalue weighted by atomic mass is 16.5.